The first kappa shape index (κ1) is 50.7. The van der Waals surface area contributed by atoms with Crippen LogP contribution in [0.2, 0.25) is 0 Å². The van der Waals surface area contributed by atoms with E-state index in [2.05, 4.69) is 217 Å². The molecule has 2 atom stereocenters. The summed E-state index contributed by atoms with van der Waals surface area (Å²) in [5.74, 6) is 2.30. The van der Waals surface area contributed by atoms with Crippen LogP contribution in [0.3, 0.4) is 0 Å². The van der Waals surface area contributed by atoms with E-state index >= 15 is 0 Å². The predicted octanol–water partition coefficient (Wildman–Crippen LogP) is 18.8. The molecule has 1 amide bonds. The SMILES string of the molecule is CCCCC[C@H]1CC[C@H](c2ccc(-c3ccc(C(=O)Nc4ccc(-c5ccc6c7c(c8c(c6c5)C(c5ccccc5)c5ccc6ccccc6c5-8)C=CC(c5ccccc5)(c5ccc(N6CCOCC6)cc5)O7)cc4)cc3)cc2)CC1. The van der Waals surface area contributed by atoms with Gasteiger partial charge in [-0.05, 0) is 164 Å². The standard InChI is InChI=1S/C76H68N2O3/c1-2-3-6-13-51-20-22-52(23-21-51)53-24-26-54(27-25-53)55-28-30-59(31-29-55)75(79)77-63-38-32-56(33-39-63)60-35-42-66-69(50-60)73-70(58-15-7-4-8-16-58)67-43-34-57-14-11-12-19-65(57)71(67)72(73)68-44-45-76(81-74(66)68,61-17-9-5-10-18-61)62-36-40-64(41-37-62)78-46-48-80-49-47-78/h4-5,7-12,14-19,24-45,50-52,70H,2-3,6,13,20-23,46-49H2,1H3,(H,77,79)/t51-,52-,70?,76?. The summed E-state index contributed by atoms with van der Waals surface area (Å²) in [7, 11) is 0. The molecule has 2 aliphatic heterocycles. The van der Waals surface area contributed by atoms with Crippen LogP contribution in [0.15, 0.2) is 218 Å². The Morgan fingerprint density at radius 1 is 0.580 bits per heavy atom. The molecule has 2 aliphatic carbocycles. The van der Waals surface area contributed by atoms with Gasteiger partial charge >= 0.3 is 0 Å². The Morgan fingerprint density at radius 2 is 1.23 bits per heavy atom. The topological polar surface area (TPSA) is 50.8 Å². The molecule has 10 aromatic carbocycles. The molecule has 5 heteroatoms. The number of amides is 1. The fourth-order valence-electron chi connectivity index (χ4n) is 14.0. The summed E-state index contributed by atoms with van der Waals surface area (Å²) < 4.78 is 13.5. The number of carbonyl (C=O) groups excluding carboxylic acids is 1. The van der Waals surface area contributed by atoms with Crippen LogP contribution < -0.4 is 15.0 Å². The predicted molar refractivity (Wildman–Crippen MR) is 335 cm³/mol. The first-order valence-electron chi connectivity index (χ1n) is 29.7. The van der Waals surface area contributed by atoms with E-state index in [1.807, 2.05) is 24.3 Å². The maximum atomic E-state index is 13.8. The molecular formula is C76H68N2O3. The van der Waals surface area contributed by atoms with Gasteiger partial charge in [0.15, 0.2) is 5.60 Å². The second kappa shape index (κ2) is 21.9. The fraction of sp³-hybridized carbons (Fsp3) is 0.224. The van der Waals surface area contributed by atoms with Gasteiger partial charge in [-0.1, -0.05) is 202 Å². The normalized spacial score (nSPS) is 19.2. The zero-order valence-electron chi connectivity index (χ0n) is 46.3. The molecule has 1 saturated carbocycles. The summed E-state index contributed by atoms with van der Waals surface area (Å²) in [6.45, 7) is 5.51. The molecule has 4 aliphatic rings. The zero-order chi connectivity index (χ0) is 54.3. The second-order valence-corrected chi connectivity index (χ2v) is 23.0. The van der Waals surface area contributed by atoms with Crippen molar-refractivity contribution in [2.24, 2.45) is 5.92 Å². The Balaban J connectivity index is 0.794. The minimum atomic E-state index is -0.905. The molecule has 5 nitrogen and oxygen atoms in total. The van der Waals surface area contributed by atoms with E-state index in [4.69, 9.17) is 9.47 Å². The second-order valence-electron chi connectivity index (χ2n) is 23.0. The maximum absolute atomic E-state index is 13.8. The lowest BCUT2D eigenvalue weighted by Crippen LogP contribution is -2.37. The number of hydrogen-bond acceptors (Lipinski definition) is 4. The lowest BCUT2D eigenvalue weighted by molar-refractivity contribution is 0.102. The van der Waals surface area contributed by atoms with Gasteiger partial charge in [0.05, 0.1) is 13.2 Å². The molecule has 0 radical (unpaired) electrons. The first-order chi connectivity index (χ1) is 40.0. The molecule has 2 unspecified atom stereocenters. The number of fused-ring (bicyclic) bond motifs is 10. The average molecular weight is 1060 g/mol. The van der Waals surface area contributed by atoms with E-state index in [1.54, 1.807) is 0 Å². The molecular weight excluding hydrogens is 989 g/mol. The summed E-state index contributed by atoms with van der Waals surface area (Å²) in [5, 5.41) is 7.86. The summed E-state index contributed by atoms with van der Waals surface area (Å²) in [4.78, 5) is 16.2. The van der Waals surface area contributed by atoms with Gasteiger partial charge in [-0.3, -0.25) is 4.79 Å². The molecule has 10 aromatic rings. The van der Waals surface area contributed by atoms with E-state index < -0.39 is 5.60 Å². The van der Waals surface area contributed by atoms with Gasteiger partial charge in [-0.25, -0.2) is 0 Å². The summed E-state index contributed by atoms with van der Waals surface area (Å²) in [6, 6.07) is 76.5. The number of rotatable bonds is 13. The molecule has 2 fully saturated rings. The van der Waals surface area contributed by atoms with Crippen LogP contribution in [0.5, 0.6) is 5.75 Å². The van der Waals surface area contributed by atoms with Crippen molar-refractivity contribution in [2.75, 3.05) is 36.5 Å². The molecule has 400 valence electrons. The number of nitrogens with zero attached hydrogens (tertiary/aromatic N) is 1. The highest BCUT2D eigenvalue weighted by atomic mass is 16.5. The van der Waals surface area contributed by atoms with Crippen molar-refractivity contribution in [2.45, 2.75) is 75.7 Å². The van der Waals surface area contributed by atoms with Crippen molar-refractivity contribution >= 4 is 44.9 Å². The van der Waals surface area contributed by atoms with Crippen molar-refractivity contribution in [1.82, 2.24) is 0 Å². The maximum Gasteiger partial charge on any atom is 0.255 e. The van der Waals surface area contributed by atoms with Gasteiger partial charge in [-0.2, -0.15) is 0 Å². The van der Waals surface area contributed by atoms with Crippen LogP contribution in [0.4, 0.5) is 11.4 Å². The summed E-state index contributed by atoms with van der Waals surface area (Å²) in [5.41, 5.74) is 17.1. The van der Waals surface area contributed by atoms with Crippen LogP contribution in [0.1, 0.15) is 119 Å². The van der Waals surface area contributed by atoms with E-state index in [0.717, 1.165) is 87.8 Å². The van der Waals surface area contributed by atoms with Crippen molar-refractivity contribution in [3.8, 4) is 39.1 Å². The third-order valence-corrected chi connectivity index (χ3v) is 18.3. The third kappa shape index (κ3) is 9.51. The highest BCUT2D eigenvalue weighted by Crippen LogP contribution is 2.59. The lowest BCUT2D eigenvalue weighted by atomic mass is 9.77. The minimum absolute atomic E-state index is 0.0162. The van der Waals surface area contributed by atoms with Crippen LogP contribution >= 0.6 is 0 Å². The molecule has 0 spiro atoms. The number of carbonyl (C=O) groups is 1. The molecule has 1 N–H and O–H groups in total. The van der Waals surface area contributed by atoms with Gasteiger partial charge in [0.25, 0.3) is 5.91 Å². The Bertz CT molecular complexity index is 3930. The van der Waals surface area contributed by atoms with E-state index in [0.29, 0.717) is 11.5 Å². The average Bonchev–Trinajstić information content (AvgIpc) is 3.27. The fourth-order valence-corrected chi connectivity index (χ4v) is 14.0. The van der Waals surface area contributed by atoms with E-state index in [9.17, 15) is 4.79 Å². The largest absolute Gasteiger partial charge is 0.472 e. The smallest absolute Gasteiger partial charge is 0.255 e. The quantitative estimate of drug-likeness (QED) is 0.117. The van der Waals surface area contributed by atoms with Crippen molar-refractivity contribution < 1.29 is 14.3 Å². The number of anilines is 2. The number of nitrogens with one attached hydrogen (secondary N) is 1. The Labute approximate surface area is 476 Å². The van der Waals surface area contributed by atoms with Gasteiger partial charge < -0.3 is 19.7 Å². The molecule has 81 heavy (non-hydrogen) atoms. The number of morpholine rings is 1. The van der Waals surface area contributed by atoms with E-state index in [1.165, 1.54) is 107 Å². The molecule has 14 rings (SSSR count). The number of ether oxygens (including phenoxy) is 2. The zero-order valence-corrected chi connectivity index (χ0v) is 46.3. The molecule has 2 heterocycles. The van der Waals surface area contributed by atoms with Crippen LogP contribution in [0, 0.1) is 5.92 Å². The minimum Gasteiger partial charge on any atom is -0.472 e. The molecule has 1 saturated heterocycles. The number of benzene rings is 10. The monoisotopic (exact) mass is 1060 g/mol. The van der Waals surface area contributed by atoms with Crippen molar-refractivity contribution in [3.63, 3.8) is 0 Å². The van der Waals surface area contributed by atoms with Crippen LogP contribution in [0.25, 0.3) is 61.0 Å². The third-order valence-electron chi connectivity index (χ3n) is 18.3. The first-order valence-corrected chi connectivity index (χ1v) is 29.7. The van der Waals surface area contributed by atoms with Crippen molar-refractivity contribution in [3.05, 3.63) is 263 Å². The summed E-state index contributed by atoms with van der Waals surface area (Å²) >= 11 is 0. The van der Waals surface area contributed by atoms with Gasteiger partial charge in [0.1, 0.15) is 5.75 Å². The Hall–Kier alpha value is -8.51. The van der Waals surface area contributed by atoms with Crippen LogP contribution in [-0.2, 0) is 10.3 Å². The molecule has 0 aromatic heterocycles. The lowest BCUT2D eigenvalue weighted by Gasteiger charge is -2.38. The highest BCUT2D eigenvalue weighted by Gasteiger charge is 2.42. The highest BCUT2D eigenvalue weighted by molar-refractivity contribution is 6.12. The Morgan fingerprint density at radius 3 is 1.98 bits per heavy atom. The van der Waals surface area contributed by atoms with Crippen LogP contribution in [-0.4, -0.2) is 32.2 Å². The van der Waals surface area contributed by atoms with Crippen molar-refractivity contribution in [1.29, 1.82) is 0 Å². The summed E-state index contributed by atoms with van der Waals surface area (Å²) in [6.07, 6.45) is 15.4. The van der Waals surface area contributed by atoms with Gasteiger partial charge in [0.2, 0.25) is 0 Å². The number of unbranched alkanes of at least 4 members (excludes halogenated alkanes) is 2. The number of hydrogen-bond donors (Lipinski definition) is 1. The molecule has 0 bridgehead atoms. The van der Waals surface area contributed by atoms with Gasteiger partial charge in [-0.15, -0.1) is 0 Å². The van der Waals surface area contributed by atoms with Gasteiger partial charge in [0, 0.05) is 58.0 Å². The van der Waals surface area contributed by atoms with E-state index in [-0.39, 0.29) is 11.8 Å². The Kier molecular flexibility index (Phi) is 13.7.